The van der Waals surface area contributed by atoms with Crippen molar-refractivity contribution in [3.05, 3.63) is 54.1 Å². The Morgan fingerprint density at radius 3 is 2.68 bits per heavy atom. The van der Waals surface area contributed by atoms with Gasteiger partial charge in [0.15, 0.2) is 17.8 Å². The zero-order valence-corrected chi connectivity index (χ0v) is 28.1. The van der Waals surface area contributed by atoms with Crippen molar-refractivity contribution in [1.82, 2.24) is 9.62 Å². The lowest BCUT2D eigenvalue weighted by molar-refractivity contribution is -0.0907. The smallest absolute Gasteiger partial charge is 0.407 e. The minimum atomic E-state index is -4.15. The van der Waals surface area contributed by atoms with Crippen LogP contribution in [0.5, 0.6) is 11.5 Å². The number of oxime groups is 1. The van der Waals surface area contributed by atoms with Crippen molar-refractivity contribution in [3.63, 3.8) is 0 Å². The molecule has 2 saturated heterocycles. The number of rotatable bonds is 15. The standard InChI is InChI=1S/C33H45N3O10S/c1-22(35-41-4)12-14-33(2,3)20-36(47(39,40)24-10-11-28-29(17-24)45-21-44-28)18-27(37)26(16-23-8-6-5-7-9-23)34-32(38)46-30-19-43-31-25(30)13-15-42-31/h5-11,17,25-27,30-31,37H,12-16,18-21H2,1-4H3,(H,34,38)/b35-22-. The molecule has 2 fully saturated rings. The van der Waals surface area contributed by atoms with Crippen molar-refractivity contribution in [2.75, 3.05) is 40.2 Å². The lowest BCUT2D eigenvalue weighted by atomic mass is 9.86. The van der Waals surface area contributed by atoms with Crippen molar-refractivity contribution >= 4 is 21.8 Å². The number of carbonyl (C=O) groups excluding carboxylic acids is 1. The minimum absolute atomic E-state index is 0.00101. The lowest BCUT2D eigenvalue weighted by Crippen LogP contribution is -2.52. The van der Waals surface area contributed by atoms with Crippen LogP contribution in [0.4, 0.5) is 4.79 Å². The highest BCUT2D eigenvalue weighted by Crippen LogP contribution is 2.36. The molecule has 13 nitrogen and oxygen atoms in total. The second kappa shape index (κ2) is 15.2. The number of benzene rings is 2. The van der Waals surface area contributed by atoms with Crippen molar-refractivity contribution < 1.29 is 46.8 Å². The number of sulfonamides is 1. The number of nitrogens with zero attached hydrogens (tertiary/aromatic N) is 2. The fourth-order valence-electron chi connectivity index (χ4n) is 6.07. The van der Waals surface area contributed by atoms with Gasteiger partial charge < -0.3 is 38.9 Å². The molecule has 0 radical (unpaired) electrons. The number of amides is 1. The summed E-state index contributed by atoms with van der Waals surface area (Å²) in [6.07, 6.45) is -0.747. The highest BCUT2D eigenvalue weighted by molar-refractivity contribution is 7.89. The third kappa shape index (κ3) is 8.93. The number of carbonyl (C=O) groups is 1. The molecular formula is C33H45N3O10S. The van der Waals surface area contributed by atoms with E-state index in [1.807, 2.05) is 51.1 Å². The van der Waals surface area contributed by atoms with E-state index >= 15 is 0 Å². The van der Waals surface area contributed by atoms with Crippen molar-refractivity contribution in [3.8, 4) is 11.5 Å². The first-order chi connectivity index (χ1) is 22.4. The van der Waals surface area contributed by atoms with Gasteiger partial charge >= 0.3 is 6.09 Å². The summed E-state index contributed by atoms with van der Waals surface area (Å²) in [5, 5.41) is 18.6. The van der Waals surface area contributed by atoms with Gasteiger partial charge in [0.25, 0.3) is 0 Å². The number of alkyl carbamates (subject to hydrolysis) is 1. The molecule has 0 bridgehead atoms. The molecule has 2 aromatic rings. The van der Waals surface area contributed by atoms with Crippen LogP contribution in [0.25, 0.3) is 0 Å². The number of aliphatic hydroxyl groups is 1. The number of ether oxygens (including phenoxy) is 5. The molecule has 258 valence electrons. The van der Waals surface area contributed by atoms with Gasteiger partial charge in [-0.05, 0) is 55.7 Å². The third-order valence-corrected chi connectivity index (χ3v) is 10.5. The number of fused-ring (bicyclic) bond motifs is 2. The van der Waals surface area contributed by atoms with Gasteiger partial charge in [0, 0.05) is 19.2 Å². The van der Waals surface area contributed by atoms with E-state index in [0.717, 1.165) is 17.7 Å². The highest BCUT2D eigenvalue weighted by Gasteiger charge is 2.44. The fourth-order valence-corrected chi connectivity index (χ4v) is 7.73. The Morgan fingerprint density at radius 2 is 1.91 bits per heavy atom. The van der Waals surface area contributed by atoms with Gasteiger partial charge in [-0.15, -0.1) is 0 Å². The Bertz CT molecular complexity index is 1500. The third-order valence-electron chi connectivity index (χ3n) is 8.70. The second-order valence-corrected chi connectivity index (χ2v) is 14.9. The summed E-state index contributed by atoms with van der Waals surface area (Å²) >= 11 is 0. The van der Waals surface area contributed by atoms with Crippen molar-refractivity contribution in [2.24, 2.45) is 16.5 Å². The van der Waals surface area contributed by atoms with E-state index in [1.54, 1.807) is 6.07 Å². The summed E-state index contributed by atoms with van der Waals surface area (Å²) < 4.78 is 57.5. The van der Waals surface area contributed by atoms with Crippen LogP contribution >= 0.6 is 0 Å². The van der Waals surface area contributed by atoms with Gasteiger partial charge in [0.2, 0.25) is 16.8 Å². The van der Waals surface area contributed by atoms with Crippen LogP contribution in [-0.4, -0.2) is 94.4 Å². The summed E-state index contributed by atoms with van der Waals surface area (Å²) in [5.41, 5.74) is 1.10. The second-order valence-electron chi connectivity index (χ2n) is 13.0. The average molecular weight is 676 g/mol. The number of nitrogens with one attached hydrogen (secondary N) is 1. The maximum atomic E-state index is 14.3. The molecule has 5 atom stereocenters. The molecule has 3 aliphatic heterocycles. The lowest BCUT2D eigenvalue weighted by Gasteiger charge is -2.35. The molecule has 5 rings (SSSR count). The van der Waals surface area contributed by atoms with Crippen LogP contribution in [0.15, 0.2) is 58.6 Å². The van der Waals surface area contributed by atoms with Crippen LogP contribution in [0, 0.1) is 11.3 Å². The largest absolute Gasteiger partial charge is 0.454 e. The number of hydrogen-bond donors (Lipinski definition) is 2. The SMILES string of the molecule is CO/N=C(/C)CCC(C)(C)CN(CC(O)C(Cc1ccccc1)NC(=O)OC1COC2OCCC12)S(=O)(=O)c1ccc2c(c1)OCO2. The number of aliphatic hydroxyl groups excluding tert-OH is 1. The maximum absolute atomic E-state index is 14.3. The first kappa shape index (κ1) is 34.9. The van der Waals surface area contributed by atoms with E-state index in [9.17, 15) is 18.3 Å². The van der Waals surface area contributed by atoms with Gasteiger partial charge in [0.05, 0.1) is 41.9 Å². The minimum Gasteiger partial charge on any atom is -0.454 e. The van der Waals surface area contributed by atoms with Crippen LogP contribution in [0.3, 0.4) is 0 Å². The summed E-state index contributed by atoms with van der Waals surface area (Å²) in [4.78, 5) is 18.1. The number of hydrogen-bond acceptors (Lipinski definition) is 11. The summed E-state index contributed by atoms with van der Waals surface area (Å²) in [6, 6.07) is 12.9. The fraction of sp³-hybridized carbons (Fsp3) is 0.576. The molecule has 5 unspecified atom stereocenters. The molecule has 0 spiro atoms. The molecular weight excluding hydrogens is 630 g/mol. The molecule has 3 aliphatic rings. The van der Waals surface area contributed by atoms with Gasteiger partial charge in [-0.25, -0.2) is 13.2 Å². The van der Waals surface area contributed by atoms with E-state index in [4.69, 9.17) is 28.5 Å². The molecule has 2 aromatic carbocycles. The Kier molecular flexibility index (Phi) is 11.3. The van der Waals surface area contributed by atoms with Crippen LogP contribution in [-0.2, 0) is 35.5 Å². The van der Waals surface area contributed by atoms with Gasteiger partial charge in [0.1, 0.15) is 13.2 Å². The molecule has 0 aromatic heterocycles. The maximum Gasteiger partial charge on any atom is 0.407 e. The Labute approximate surface area is 276 Å². The molecule has 0 aliphatic carbocycles. The first-order valence-electron chi connectivity index (χ1n) is 15.8. The molecule has 2 N–H and O–H groups in total. The van der Waals surface area contributed by atoms with E-state index < -0.39 is 39.8 Å². The van der Waals surface area contributed by atoms with E-state index in [-0.39, 0.29) is 50.0 Å². The van der Waals surface area contributed by atoms with Gasteiger partial charge in [-0.1, -0.05) is 49.3 Å². The summed E-state index contributed by atoms with van der Waals surface area (Å²) in [6.45, 7) is 6.31. The predicted molar refractivity (Wildman–Crippen MR) is 172 cm³/mol. The Balaban J connectivity index is 1.38. The Hall–Kier alpha value is -3.43. The highest BCUT2D eigenvalue weighted by atomic mass is 32.2. The average Bonchev–Trinajstić information content (AvgIpc) is 3.79. The van der Waals surface area contributed by atoms with E-state index in [2.05, 4.69) is 10.5 Å². The predicted octanol–water partition coefficient (Wildman–Crippen LogP) is 3.69. The zero-order chi connectivity index (χ0) is 33.6. The topological polar surface area (TPSA) is 154 Å². The molecule has 47 heavy (non-hydrogen) atoms. The molecule has 1 amide bonds. The molecule has 14 heteroatoms. The van der Waals surface area contributed by atoms with Gasteiger partial charge in [-0.3, -0.25) is 0 Å². The van der Waals surface area contributed by atoms with Crippen LogP contribution in [0.1, 0.15) is 45.6 Å². The van der Waals surface area contributed by atoms with E-state index in [0.29, 0.717) is 30.9 Å². The molecule has 0 saturated carbocycles. The van der Waals surface area contributed by atoms with E-state index in [1.165, 1.54) is 23.5 Å². The Morgan fingerprint density at radius 1 is 1.15 bits per heavy atom. The van der Waals surface area contributed by atoms with Gasteiger partial charge in [-0.2, -0.15) is 4.31 Å². The summed E-state index contributed by atoms with van der Waals surface area (Å²) in [7, 11) is -2.68. The first-order valence-corrected chi connectivity index (χ1v) is 17.3. The zero-order valence-electron chi connectivity index (χ0n) is 27.3. The normalized spacial score (nSPS) is 22.2. The summed E-state index contributed by atoms with van der Waals surface area (Å²) in [5.74, 6) is 0.729. The van der Waals surface area contributed by atoms with Crippen molar-refractivity contribution in [2.45, 2.75) is 75.9 Å². The van der Waals surface area contributed by atoms with Crippen molar-refractivity contribution in [1.29, 1.82) is 0 Å². The van der Waals surface area contributed by atoms with Crippen LogP contribution < -0.4 is 14.8 Å². The molecule has 3 heterocycles. The monoisotopic (exact) mass is 675 g/mol. The van der Waals surface area contributed by atoms with Crippen LogP contribution in [0.2, 0.25) is 0 Å². The quantitative estimate of drug-likeness (QED) is 0.211.